The Morgan fingerprint density at radius 3 is 3.12 bits per heavy atom. The number of halogens is 1. The molecule has 1 saturated heterocycles. The molecule has 1 aromatic carbocycles. The van der Waals surface area contributed by atoms with Crippen LogP contribution in [-0.4, -0.2) is 31.1 Å². The molecule has 0 radical (unpaired) electrons. The van der Waals surface area contributed by atoms with Gasteiger partial charge >= 0.3 is 0 Å². The van der Waals surface area contributed by atoms with Gasteiger partial charge < -0.3 is 5.32 Å². The van der Waals surface area contributed by atoms with Crippen LogP contribution < -0.4 is 5.32 Å². The first-order valence-electron chi connectivity index (χ1n) is 6.45. The molecule has 1 unspecified atom stereocenters. The van der Waals surface area contributed by atoms with Crippen molar-refractivity contribution in [2.45, 2.75) is 19.9 Å². The van der Waals surface area contributed by atoms with Crippen molar-refractivity contribution >= 4 is 11.6 Å². The highest BCUT2D eigenvalue weighted by Gasteiger charge is 2.21. The van der Waals surface area contributed by atoms with E-state index in [1.165, 1.54) is 25.1 Å². The van der Waals surface area contributed by atoms with Gasteiger partial charge in [0.05, 0.1) is 0 Å². The Morgan fingerprint density at radius 1 is 1.47 bits per heavy atom. The maximum atomic E-state index is 6.00. The highest BCUT2D eigenvalue weighted by atomic mass is 35.5. The lowest BCUT2D eigenvalue weighted by Gasteiger charge is -2.16. The molecule has 1 heterocycles. The molecule has 2 rings (SSSR count). The summed E-state index contributed by atoms with van der Waals surface area (Å²) in [6, 6.07) is 8.19. The van der Waals surface area contributed by atoms with Crippen molar-refractivity contribution in [3.63, 3.8) is 0 Å². The Hall–Kier alpha value is -0.570. The van der Waals surface area contributed by atoms with E-state index in [2.05, 4.69) is 29.3 Å². The molecular weight excluding hydrogens is 232 g/mol. The van der Waals surface area contributed by atoms with Crippen LogP contribution in [0.4, 0.5) is 0 Å². The second-order valence-electron chi connectivity index (χ2n) is 4.83. The molecule has 0 amide bonds. The zero-order valence-corrected chi connectivity index (χ0v) is 11.2. The lowest BCUT2D eigenvalue weighted by Crippen LogP contribution is -2.26. The summed E-state index contributed by atoms with van der Waals surface area (Å²) in [4.78, 5) is 2.52. The number of nitrogens with zero attached hydrogens (tertiary/aromatic N) is 1. The molecule has 1 aromatic rings. The van der Waals surface area contributed by atoms with Gasteiger partial charge in [0.25, 0.3) is 0 Å². The number of rotatable bonds is 5. The third kappa shape index (κ3) is 3.98. The average molecular weight is 253 g/mol. The molecule has 1 N–H and O–H groups in total. The minimum absolute atomic E-state index is 0.814. The first kappa shape index (κ1) is 12.9. The van der Waals surface area contributed by atoms with Gasteiger partial charge in [0.1, 0.15) is 0 Å². The van der Waals surface area contributed by atoms with Gasteiger partial charge in [-0.15, -0.1) is 0 Å². The molecule has 3 heteroatoms. The molecule has 17 heavy (non-hydrogen) atoms. The van der Waals surface area contributed by atoms with E-state index in [-0.39, 0.29) is 0 Å². The number of hydrogen-bond acceptors (Lipinski definition) is 2. The Kier molecular flexibility index (Phi) is 4.84. The van der Waals surface area contributed by atoms with Gasteiger partial charge in [-0.25, -0.2) is 0 Å². The van der Waals surface area contributed by atoms with Gasteiger partial charge in [0, 0.05) is 18.1 Å². The minimum Gasteiger partial charge on any atom is -0.317 e. The predicted octanol–water partition coefficient (Wildman–Crippen LogP) is 2.77. The van der Waals surface area contributed by atoms with Gasteiger partial charge in [0.2, 0.25) is 0 Å². The summed E-state index contributed by atoms with van der Waals surface area (Å²) in [6.07, 6.45) is 1.31. The first-order chi connectivity index (χ1) is 8.28. The third-order valence-electron chi connectivity index (χ3n) is 3.35. The van der Waals surface area contributed by atoms with Crippen LogP contribution >= 0.6 is 11.6 Å². The maximum Gasteiger partial charge on any atom is 0.0409 e. The monoisotopic (exact) mass is 252 g/mol. The van der Waals surface area contributed by atoms with E-state index < -0.39 is 0 Å². The molecule has 1 aliphatic heterocycles. The third-order valence-corrected chi connectivity index (χ3v) is 3.58. The summed E-state index contributed by atoms with van der Waals surface area (Å²) in [5.41, 5.74) is 1.32. The topological polar surface area (TPSA) is 15.3 Å². The van der Waals surface area contributed by atoms with Crippen LogP contribution in [0.2, 0.25) is 5.02 Å². The summed E-state index contributed by atoms with van der Waals surface area (Å²) in [5, 5.41) is 4.27. The number of benzene rings is 1. The van der Waals surface area contributed by atoms with E-state index in [1.807, 2.05) is 12.1 Å². The molecule has 0 saturated carbocycles. The van der Waals surface area contributed by atoms with E-state index in [1.54, 1.807) is 0 Å². The highest BCUT2D eigenvalue weighted by molar-refractivity contribution is 6.30. The van der Waals surface area contributed by atoms with Crippen LogP contribution in [0, 0.1) is 5.92 Å². The van der Waals surface area contributed by atoms with Crippen molar-refractivity contribution < 1.29 is 0 Å². The van der Waals surface area contributed by atoms with Crippen molar-refractivity contribution in [1.29, 1.82) is 0 Å². The zero-order chi connectivity index (χ0) is 12.1. The fourth-order valence-corrected chi connectivity index (χ4v) is 2.68. The summed E-state index contributed by atoms with van der Waals surface area (Å²) in [5.74, 6) is 0.814. The normalized spacial score (nSPS) is 20.9. The van der Waals surface area contributed by atoms with Crippen molar-refractivity contribution in [2.24, 2.45) is 5.92 Å². The quantitative estimate of drug-likeness (QED) is 0.867. The summed E-state index contributed by atoms with van der Waals surface area (Å²) < 4.78 is 0. The highest BCUT2D eigenvalue weighted by Crippen LogP contribution is 2.19. The number of nitrogens with one attached hydrogen (secondary N) is 1. The molecular formula is C14H21ClN2. The molecule has 94 valence electrons. The molecule has 0 aliphatic carbocycles. The van der Waals surface area contributed by atoms with Gasteiger partial charge in [-0.3, -0.25) is 4.90 Å². The van der Waals surface area contributed by atoms with Crippen LogP contribution in [0.3, 0.4) is 0 Å². The van der Waals surface area contributed by atoms with E-state index >= 15 is 0 Å². The Balaban J connectivity index is 1.81. The summed E-state index contributed by atoms with van der Waals surface area (Å²) in [6.45, 7) is 7.84. The van der Waals surface area contributed by atoms with Crippen LogP contribution in [0.5, 0.6) is 0 Å². The van der Waals surface area contributed by atoms with Crippen LogP contribution in [0.15, 0.2) is 24.3 Å². The second-order valence-corrected chi connectivity index (χ2v) is 5.26. The minimum atomic E-state index is 0.814. The molecule has 1 aliphatic rings. The van der Waals surface area contributed by atoms with Gasteiger partial charge in [-0.1, -0.05) is 30.7 Å². The Bertz CT molecular complexity index is 354. The van der Waals surface area contributed by atoms with E-state index in [9.17, 15) is 0 Å². The van der Waals surface area contributed by atoms with Crippen LogP contribution in [0.1, 0.15) is 18.9 Å². The largest absolute Gasteiger partial charge is 0.317 e. The van der Waals surface area contributed by atoms with Crippen molar-refractivity contribution in [3.05, 3.63) is 34.9 Å². The summed E-state index contributed by atoms with van der Waals surface area (Å²) in [7, 11) is 0. The van der Waals surface area contributed by atoms with Crippen molar-refractivity contribution in [1.82, 2.24) is 10.2 Å². The molecule has 0 bridgehead atoms. The van der Waals surface area contributed by atoms with E-state index in [0.717, 1.165) is 30.6 Å². The fourth-order valence-electron chi connectivity index (χ4n) is 2.47. The summed E-state index contributed by atoms with van der Waals surface area (Å²) >= 11 is 6.00. The van der Waals surface area contributed by atoms with Gasteiger partial charge in [-0.05, 0) is 49.7 Å². The van der Waals surface area contributed by atoms with Gasteiger partial charge in [0.15, 0.2) is 0 Å². The van der Waals surface area contributed by atoms with Crippen molar-refractivity contribution in [2.75, 3.05) is 26.2 Å². The van der Waals surface area contributed by atoms with Crippen LogP contribution in [0.25, 0.3) is 0 Å². The van der Waals surface area contributed by atoms with Crippen molar-refractivity contribution in [3.8, 4) is 0 Å². The average Bonchev–Trinajstić information content (AvgIpc) is 2.74. The molecule has 1 fully saturated rings. The Morgan fingerprint density at radius 2 is 2.35 bits per heavy atom. The molecule has 0 aromatic heterocycles. The first-order valence-corrected chi connectivity index (χ1v) is 6.83. The lowest BCUT2D eigenvalue weighted by atomic mass is 10.1. The SMILES string of the molecule is CCNCC1CCN(Cc2cccc(Cl)c2)C1. The molecule has 0 spiro atoms. The molecule has 1 atom stereocenters. The number of hydrogen-bond donors (Lipinski definition) is 1. The Labute approximate surface area is 109 Å². The van der Waals surface area contributed by atoms with E-state index in [0.29, 0.717) is 0 Å². The maximum absolute atomic E-state index is 6.00. The number of likely N-dealkylation sites (tertiary alicyclic amines) is 1. The zero-order valence-electron chi connectivity index (χ0n) is 10.5. The predicted molar refractivity (Wildman–Crippen MR) is 73.4 cm³/mol. The van der Waals surface area contributed by atoms with E-state index in [4.69, 9.17) is 11.6 Å². The van der Waals surface area contributed by atoms with Gasteiger partial charge in [-0.2, -0.15) is 0 Å². The fraction of sp³-hybridized carbons (Fsp3) is 0.571. The lowest BCUT2D eigenvalue weighted by molar-refractivity contribution is 0.314. The smallest absolute Gasteiger partial charge is 0.0409 e. The standard InChI is InChI=1S/C14H21ClN2/c1-2-16-9-13-6-7-17(11-13)10-12-4-3-5-14(15)8-12/h3-5,8,13,16H,2,6-7,9-11H2,1H3. The second kappa shape index (κ2) is 6.39. The van der Waals surface area contributed by atoms with Crippen LogP contribution in [-0.2, 0) is 6.54 Å². The molecule has 2 nitrogen and oxygen atoms in total.